The van der Waals surface area contributed by atoms with Crippen molar-refractivity contribution in [2.45, 2.75) is 59.0 Å². The maximum atomic E-state index is 4.54. The van der Waals surface area contributed by atoms with Gasteiger partial charge >= 0.3 is 0 Å². The first-order chi connectivity index (χ1) is 9.20. The summed E-state index contributed by atoms with van der Waals surface area (Å²) in [5, 5.41) is 4.80. The number of hydrogen-bond acceptors (Lipinski definition) is 4. The van der Waals surface area contributed by atoms with E-state index in [9.17, 15) is 0 Å². The quantitative estimate of drug-likeness (QED) is 0.835. The summed E-state index contributed by atoms with van der Waals surface area (Å²) in [5.41, 5.74) is 0.159. The molecular weight excluding hydrogens is 266 g/mol. The van der Waals surface area contributed by atoms with Crippen LogP contribution in [-0.4, -0.2) is 36.6 Å². The van der Waals surface area contributed by atoms with Gasteiger partial charge in [0, 0.05) is 35.6 Å². The molecule has 3 nitrogen and oxygen atoms in total. The van der Waals surface area contributed by atoms with Crippen molar-refractivity contribution in [3.05, 3.63) is 16.1 Å². The van der Waals surface area contributed by atoms with Crippen LogP contribution in [0.3, 0.4) is 0 Å². The second-order valence-electron chi connectivity index (χ2n) is 7.26. The molecule has 0 amide bonds. The molecule has 116 valence electrons. The Kier molecular flexibility index (Phi) is 6.62. The van der Waals surface area contributed by atoms with Gasteiger partial charge in [-0.15, -0.1) is 11.3 Å². The van der Waals surface area contributed by atoms with E-state index < -0.39 is 0 Å². The Morgan fingerprint density at radius 1 is 1.30 bits per heavy atom. The summed E-state index contributed by atoms with van der Waals surface area (Å²) in [7, 11) is 4.33. The fourth-order valence-electron chi connectivity index (χ4n) is 2.12. The average Bonchev–Trinajstić information content (AvgIpc) is 2.75. The molecule has 1 rings (SSSR count). The maximum absolute atomic E-state index is 4.54. The van der Waals surface area contributed by atoms with Crippen molar-refractivity contribution in [3.8, 4) is 0 Å². The van der Waals surface area contributed by atoms with Crippen LogP contribution in [0.2, 0.25) is 0 Å². The highest BCUT2D eigenvalue weighted by atomic mass is 32.1. The molecule has 4 heteroatoms. The summed E-state index contributed by atoms with van der Waals surface area (Å²) in [5.74, 6) is 0.736. The zero-order valence-electron chi connectivity index (χ0n) is 14.2. The lowest BCUT2D eigenvalue weighted by molar-refractivity contribution is 0.247. The number of hydrogen-bond donors (Lipinski definition) is 1. The molecular formula is C16H31N3S. The van der Waals surface area contributed by atoms with Gasteiger partial charge in [0.2, 0.25) is 0 Å². The van der Waals surface area contributed by atoms with Gasteiger partial charge in [-0.25, -0.2) is 4.98 Å². The molecule has 0 saturated heterocycles. The van der Waals surface area contributed by atoms with E-state index in [1.54, 1.807) is 0 Å². The van der Waals surface area contributed by atoms with E-state index in [1.807, 2.05) is 17.5 Å². The van der Waals surface area contributed by atoms with Crippen LogP contribution in [0.5, 0.6) is 0 Å². The number of thiazole rings is 1. The van der Waals surface area contributed by atoms with Crippen molar-refractivity contribution in [2.24, 2.45) is 5.92 Å². The van der Waals surface area contributed by atoms with Gasteiger partial charge < -0.3 is 10.2 Å². The summed E-state index contributed by atoms with van der Waals surface area (Å²) in [6.45, 7) is 13.2. The third-order valence-electron chi connectivity index (χ3n) is 3.35. The molecule has 20 heavy (non-hydrogen) atoms. The lowest BCUT2D eigenvalue weighted by Gasteiger charge is -2.26. The monoisotopic (exact) mass is 297 g/mol. The fourth-order valence-corrected chi connectivity index (χ4v) is 3.06. The van der Waals surface area contributed by atoms with E-state index in [-0.39, 0.29) is 5.41 Å². The van der Waals surface area contributed by atoms with Crippen LogP contribution in [0.4, 0.5) is 0 Å². The molecule has 1 aromatic rings. The predicted octanol–water partition coefficient (Wildman–Crippen LogP) is 3.51. The number of nitrogens with zero attached hydrogens (tertiary/aromatic N) is 2. The SMILES string of the molecule is CC(C)CC(CNCc1cnc(C(C)(C)C)s1)N(C)C. The third kappa shape index (κ3) is 5.90. The largest absolute Gasteiger partial charge is 0.310 e. The second-order valence-corrected chi connectivity index (χ2v) is 8.37. The topological polar surface area (TPSA) is 28.2 Å². The summed E-state index contributed by atoms with van der Waals surface area (Å²) in [4.78, 5) is 8.19. The Bertz CT molecular complexity index is 391. The van der Waals surface area contributed by atoms with E-state index in [2.05, 4.69) is 63.9 Å². The molecule has 0 saturated carbocycles. The van der Waals surface area contributed by atoms with Gasteiger partial charge in [0.05, 0.1) is 5.01 Å². The highest BCUT2D eigenvalue weighted by molar-refractivity contribution is 7.11. The Morgan fingerprint density at radius 2 is 1.95 bits per heavy atom. The summed E-state index contributed by atoms with van der Waals surface area (Å²) in [6, 6.07) is 0.602. The molecule has 1 aromatic heterocycles. The molecule has 0 aliphatic rings. The molecule has 1 heterocycles. The van der Waals surface area contributed by atoms with Crippen LogP contribution in [0, 0.1) is 5.92 Å². The summed E-state index contributed by atoms with van der Waals surface area (Å²) >= 11 is 1.83. The smallest absolute Gasteiger partial charge is 0.0981 e. The standard InChI is InChI=1S/C16H31N3S/c1-12(2)8-13(19(6)7)9-17-10-14-11-18-15(20-14)16(3,4)5/h11-13,17H,8-10H2,1-7H3. The minimum atomic E-state index is 0.159. The minimum absolute atomic E-state index is 0.159. The number of nitrogens with one attached hydrogen (secondary N) is 1. The Balaban J connectivity index is 2.45. The molecule has 0 aromatic carbocycles. The fraction of sp³-hybridized carbons (Fsp3) is 0.812. The first-order valence-electron chi connectivity index (χ1n) is 7.52. The van der Waals surface area contributed by atoms with Crippen LogP contribution in [0.25, 0.3) is 0 Å². The lowest BCUT2D eigenvalue weighted by atomic mass is 9.98. The van der Waals surface area contributed by atoms with Crippen molar-refractivity contribution >= 4 is 11.3 Å². The number of aromatic nitrogens is 1. The van der Waals surface area contributed by atoms with Gasteiger partial charge in [0.1, 0.15) is 0 Å². The highest BCUT2D eigenvalue weighted by Crippen LogP contribution is 2.26. The maximum Gasteiger partial charge on any atom is 0.0981 e. The predicted molar refractivity (Wildman–Crippen MR) is 89.5 cm³/mol. The number of rotatable bonds is 7. The van der Waals surface area contributed by atoms with Crippen LogP contribution in [0.1, 0.15) is 50.9 Å². The molecule has 0 bridgehead atoms. The van der Waals surface area contributed by atoms with Gasteiger partial charge in [0.25, 0.3) is 0 Å². The molecule has 0 aliphatic heterocycles. The highest BCUT2D eigenvalue weighted by Gasteiger charge is 2.18. The van der Waals surface area contributed by atoms with Crippen molar-refractivity contribution in [3.63, 3.8) is 0 Å². The van der Waals surface area contributed by atoms with Crippen molar-refractivity contribution in [1.29, 1.82) is 0 Å². The zero-order valence-corrected chi connectivity index (χ0v) is 15.0. The Morgan fingerprint density at radius 3 is 2.40 bits per heavy atom. The Labute approximate surface area is 128 Å². The molecule has 0 fully saturated rings. The lowest BCUT2D eigenvalue weighted by Crippen LogP contribution is -2.38. The van der Waals surface area contributed by atoms with Crippen LogP contribution >= 0.6 is 11.3 Å². The van der Waals surface area contributed by atoms with E-state index >= 15 is 0 Å². The third-order valence-corrected chi connectivity index (χ3v) is 4.77. The van der Waals surface area contributed by atoms with Crippen LogP contribution < -0.4 is 5.32 Å². The van der Waals surface area contributed by atoms with E-state index in [0.29, 0.717) is 6.04 Å². The van der Waals surface area contributed by atoms with Gasteiger partial charge in [-0.1, -0.05) is 34.6 Å². The van der Waals surface area contributed by atoms with Gasteiger partial charge in [-0.2, -0.15) is 0 Å². The summed E-state index contributed by atoms with van der Waals surface area (Å²) in [6.07, 6.45) is 3.25. The average molecular weight is 298 g/mol. The summed E-state index contributed by atoms with van der Waals surface area (Å²) < 4.78 is 0. The normalized spacial score (nSPS) is 14.2. The Hall–Kier alpha value is -0.450. The molecule has 1 N–H and O–H groups in total. The molecule has 0 aliphatic carbocycles. The van der Waals surface area contributed by atoms with E-state index in [4.69, 9.17) is 0 Å². The van der Waals surface area contributed by atoms with Crippen LogP contribution in [0.15, 0.2) is 6.20 Å². The van der Waals surface area contributed by atoms with Crippen LogP contribution in [-0.2, 0) is 12.0 Å². The van der Waals surface area contributed by atoms with E-state index in [0.717, 1.165) is 19.0 Å². The zero-order chi connectivity index (χ0) is 15.3. The van der Waals surface area contributed by atoms with E-state index in [1.165, 1.54) is 16.3 Å². The van der Waals surface area contributed by atoms with Gasteiger partial charge in [-0.3, -0.25) is 0 Å². The second kappa shape index (κ2) is 7.53. The molecule has 0 spiro atoms. The number of likely N-dealkylation sites (N-methyl/N-ethyl adjacent to an activating group) is 1. The van der Waals surface area contributed by atoms with Crippen molar-refractivity contribution in [2.75, 3.05) is 20.6 Å². The van der Waals surface area contributed by atoms with Gasteiger partial charge in [0.15, 0.2) is 0 Å². The molecule has 1 atom stereocenters. The first kappa shape index (κ1) is 17.6. The minimum Gasteiger partial charge on any atom is -0.310 e. The van der Waals surface area contributed by atoms with Gasteiger partial charge in [-0.05, 0) is 26.4 Å². The molecule has 1 unspecified atom stereocenters. The first-order valence-corrected chi connectivity index (χ1v) is 8.34. The van der Waals surface area contributed by atoms with Crippen molar-refractivity contribution < 1.29 is 0 Å². The van der Waals surface area contributed by atoms with Crippen molar-refractivity contribution in [1.82, 2.24) is 15.2 Å². The molecule has 0 radical (unpaired) electrons.